The van der Waals surface area contributed by atoms with Crippen molar-refractivity contribution in [3.63, 3.8) is 0 Å². The van der Waals surface area contributed by atoms with E-state index in [4.69, 9.17) is 4.99 Å². The summed E-state index contributed by atoms with van der Waals surface area (Å²) in [7, 11) is 3.52. The van der Waals surface area contributed by atoms with E-state index in [1.807, 2.05) is 30.5 Å². The average Bonchev–Trinajstić information content (AvgIpc) is 2.81. The first-order valence-electron chi connectivity index (χ1n) is 11.5. The van der Waals surface area contributed by atoms with Crippen LogP contribution in [0, 0.1) is 5.92 Å². The number of aromatic nitrogens is 1. The van der Waals surface area contributed by atoms with Gasteiger partial charge in [0.15, 0.2) is 5.96 Å². The molecular weight excluding hydrogens is 400 g/mol. The monoisotopic (exact) mass is 436 g/mol. The van der Waals surface area contributed by atoms with E-state index < -0.39 is 0 Å². The molecule has 1 aromatic heterocycles. The van der Waals surface area contributed by atoms with E-state index in [1.165, 1.54) is 12.8 Å². The molecule has 2 heterocycles. The molecule has 0 saturated carbocycles. The lowest BCUT2D eigenvalue weighted by Crippen LogP contribution is -2.36. The second-order valence-corrected chi connectivity index (χ2v) is 8.64. The van der Waals surface area contributed by atoms with Crippen molar-refractivity contribution in [3.8, 4) is 0 Å². The number of anilines is 1. The number of amides is 1. The van der Waals surface area contributed by atoms with Crippen LogP contribution >= 0.6 is 0 Å². The van der Waals surface area contributed by atoms with Gasteiger partial charge in [-0.15, -0.1) is 0 Å². The van der Waals surface area contributed by atoms with Gasteiger partial charge >= 0.3 is 0 Å². The molecule has 32 heavy (non-hydrogen) atoms. The summed E-state index contributed by atoms with van der Waals surface area (Å²) >= 11 is 0. The Morgan fingerprint density at radius 1 is 1.09 bits per heavy atom. The summed E-state index contributed by atoms with van der Waals surface area (Å²) in [6.07, 6.45) is 4.40. The topological polar surface area (TPSA) is 72.9 Å². The number of carbonyl (C=O) groups excluding carboxylic acids is 1. The van der Waals surface area contributed by atoms with Gasteiger partial charge in [0.05, 0.1) is 6.54 Å². The summed E-state index contributed by atoms with van der Waals surface area (Å²) in [6, 6.07) is 11.9. The van der Waals surface area contributed by atoms with Crippen molar-refractivity contribution < 1.29 is 4.79 Å². The Morgan fingerprint density at radius 2 is 1.78 bits per heavy atom. The molecule has 0 spiro atoms. The third-order valence-corrected chi connectivity index (χ3v) is 5.75. The van der Waals surface area contributed by atoms with Crippen molar-refractivity contribution in [2.75, 3.05) is 38.6 Å². The van der Waals surface area contributed by atoms with Crippen molar-refractivity contribution in [2.45, 2.75) is 39.8 Å². The van der Waals surface area contributed by atoms with Crippen LogP contribution in [0.3, 0.4) is 0 Å². The van der Waals surface area contributed by atoms with Crippen LogP contribution in [0.4, 0.5) is 5.82 Å². The zero-order valence-corrected chi connectivity index (χ0v) is 19.8. The van der Waals surface area contributed by atoms with Gasteiger partial charge in [0.1, 0.15) is 5.82 Å². The van der Waals surface area contributed by atoms with Crippen molar-refractivity contribution in [1.29, 1.82) is 0 Å². The fraction of sp³-hybridized carbons (Fsp3) is 0.480. The number of hydrogen-bond donors (Lipinski definition) is 2. The zero-order chi connectivity index (χ0) is 22.9. The highest BCUT2D eigenvalue weighted by Crippen LogP contribution is 2.21. The van der Waals surface area contributed by atoms with E-state index >= 15 is 0 Å². The van der Waals surface area contributed by atoms with Gasteiger partial charge in [-0.2, -0.15) is 0 Å². The minimum Gasteiger partial charge on any atom is -0.357 e. The molecule has 172 valence electrons. The Labute approximate surface area is 191 Å². The smallest absolute Gasteiger partial charge is 0.253 e. The lowest BCUT2D eigenvalue weighted by Gasteiger charge is -2.31. The minimum absolute atomic E-state index is 0.00823. The first kappa shape index (κ1) is 23.6. The van der Waals surface area contributed by atoms with E-state index in [-0.39, 0.29) is 5.91 Å². The predicted octanol–water partition coefficient (Wildman–Crippen LogP) is 3.28. The Hall–Kier alpha value is -3.09. The van der Waals surface area contributed by atoms with Crippen LogP contribution in [0.15, 0.2) is 47.6 Å². The summed E-state index contributed by atoms with van der Waals surface area (Å²) in [4.78, 5) is 25.3. The first-order chi connectivity index (χ1) is 15.5. The molecule has 7 heteroatoms. The normalized spacial score (nSPS) is 14.9. The van der Waals surface area contributed by atoms with Crippen molar-refractivity contribution in [3.05, 3.63) is 59.3 Å². The molecule has 0 unspecified atom stereocenters. The molecule has 3 rings (SSSR count). The fourth-order valence-electron chi connectivity index (χ4n) is 3.66. The number of pyridine rings is 1. The predicted molar refractivity (Wildman–Crippen MR) is 131 cm³/mol. The second kappa shape index (κ2) is 11.5. The maximum atomic E-state index is 12.0. The minimum atomic E-state index is 0.00823. The van der Waals surface area contributed by atoms with Crippen LogP contribution in [0.2, 0.25) is 0 Å². The van der Waals surface area contributed by atoms with Crippen molar-refractivity contribution in [2.24, 2.45) is 10.9 Å². The Balaban J connectivity index is 1.55. The third-order valence-electron chi connectivity index (χ3n) is 5.75. The zero-order valence-electron chi connectivity index (χ0n) is 19.8. The summed E-state index contributed by atoms with van der Waals surface area (Å²) in [5, 5.41) is 6.65. The quantitative estimate of drug-likeness (QED) is 0.515. The number of aliphatic imine (C=N–C) groups is 1. The van der Waals surface area contributed by atoms with E-state index in [2.05, 4.69) is 46.5 Å². The molecule has 1 amide bonds. The van der Waals surface area contributed by atoms with Crippen molar-refractivity contribution in [1.82, 2.24) is 20.5 Å². The lowest BCUT2D eigenvalue weighted by atomic mass is 9.99. The van der Waals surface area contributed by atoms with Gasteiger partial charge in [-0.3, -0.25) is 4.79 Å². The van der Waals surface area contributed by atoms with E-state index in [1.54, 1.807) is 19.0 Å². The Bertz CT molecular complexity index is 884. The molecule has 1 saturated heterocycles. The molecule has 0 atom stereocenters. The molecule has 7 nitrogen and oxygen atoms in total. The van der Waals surface area contributed by atoms with Gasteiger partial charge in [0.25, 0.3) is 5.91 Å². The van der Waals surface area contributed by atoms with Gasteiger partial charge in [-0.1, -0.05) is 25.1 Å². The maximum absolute atomic E-state index is 12.0. The number of nitrogens with zero attached hydrogens (tertiary/aromatic N) is 4. The molecule has 1 aliphatic heterocycles. The van der Waals surface area contributed by atoms with Crippen LogP contribution in [-0.2, 0) is 13.1 Å². The molecule has 1 aliphatic rings. The molecule has 0 aliphatic carbocycles. The Morgan fingerprint density at radius 3 is 2.38 bits per heavy atom. The number of piperidine rings is 1. The van der Waals surface area contributed by atoms with Gasteiger partial charge < -0.3 is 20.4 Å². The molecular formula is C25H36N6O. The van der Waals surface area contributed by atoms with E-state index in [0.717, 1.165) is 48.5 Å². The standard InChI is InChI=1S/C25H36N6O/c1-5-26-25(28-16-20-6-9-22(10-7-20)24(32)30(3)4)29-18-21-8-11-23(27-17-21)31-14-12-19(2)13-15-31/h6-11,17,19H,5,12-16,18H2,1-4H3,(H2,26,28,29). The molecule has 0 radical (unpaired) electrons. The molecule has 2 aromatic rings. The fourth-order valence-corrected chi connectivity index (χ4v) is 3.66. The summed E-state index contributed by atoms with van der Waals surface area (Å²) in [6.45, 7) is 8.53. The molecule has 1 fully saturated rings. The number of benzene rings is 1. The highest BCUT2D eigenvalue weighted by Gasteiger charge is 2.16. The number of nitrogens with one attached hydrogen (secondary N) is 2. The highest BCUT2D eigenvalue weighted by molar-refractivity contribution is 5.93. The number of guanidine groups is 1. The lowest BCUT2D eigenvalue weighted by molar-refractivity contribution is 0.0827. The van der Waals surface area contributed by atoms with Crippen LogP contribution in [0.1, 0.15) is 48.2 Å². The maximum Gasteiger partial charge on any atom is 0.253 e. The molecule has 2 N–H and O–H groups in total. The highest BCUT2D eigenvalue weighted by atomic mass is 16.2. The second-order valence-electron chi connectivity index (χ2n) is 8.64. The van der Waals surface area contributed by atoms with Gasteiger partial charge in [-0.05, 0) is 55.0 Å². The number of hydrogen-bond acceptors (Lipinski definition) is 4. The molecule has 1 aromatic carbocycles. The van der Waals surface area contributed by atoms with Crippen LogP contribution in [-0.4, -0.2) is 55.5 Å². The largest absolute Gasteiger partial charge is 0.357 e. The average molecular weight is 437 g/mol. The summed E-state index contributed by atoms with van der Waals surface area (Å²) < 4.78 is 0. The van der Waals surface area contributed by atoms with Gasteiger partial charge in [0, 0.05) is 52.0 Å². The number of carbonyl (C=O) groups is 1. The van der Waals surface area contributed by atoms with Crippen LogP contribution in [0.5, 0.6) is 0 Å². The summed E-state index contributed by atoms with van der Waals surface area (Å²) in [5.41, 5.74) is 2.87. The van der Waals surface area contributed by atoms with Crippen molar-refractivity contribution >= 4 is 17.7 Å². The number of rotatable bonds is 7. The first-order valence-corrected chi connectivity index (χ1v) is 11.5. The van der Waals surface area contributed by atoms with E-state index in [0.29, 0.717) is 18.7 Å². The van der Waals surface area contributed by atoms with Crippen LogP contribution in [0.25, 0.3) is 0 Å². The van der Waals surface area contributed by atoms with Crippen LogP contribution < -0.4 is 15.5 Å². The SMILES string of the molecule is CCNC(=NCc1ccc(N2CCC(C)CC2)nc1)NCc1ccc(C(=O)N(C)C)cc1. The molecule has 0 bridgehead atoms. The third kappa shape index (κ3) is 6.70. The summed E-state index contributed by atoms with van der Waals surface area (Å²) in [5.74, 6) is 2.64. The van der Waals surface area contributed by atoms with Gasteiger partial charge in [-0.25, -0.2) is 9.98 Å². The van der Waals surface area contributed by atoms with Gasteiger partial charge in [0.2, 0.25) is 0 Å². The Kier molecular flexibility index (Phi) is 8.48. The van der Waals surface area contributed by atoms with E-state index in [9.17, 15) is 4.79 Å².